The van der Waals surface area contributed by atoms with Crippen LogP contribution in [0.3, 0.4) is 0 Å². The molecule has 3 N–H and O–H groups in total. The van der Waals surface area contributed by atoms with Crippen molar-refractivity contribution in [1.82, 2.24) is 5.32 Å². The number of nitrogens with two attached hydrogens (primary N) is 1. The SMILES string of the molecule is NC(=O)NCCCOC(=O)[C@@H]1C[C@H]1c1ccc(Cl)cc1. The summed E-state index contributed by atoms with van der Waals surface area (Å²) < 4.78 is 5.17. The number of ether oxygens (including phenoxy) is 1. The van der Waals surface area contributed by atoms with Gasteiger partial charge in [-0.2, -0.15) is 0 Å². The van der Waals surface area contributed by atoms with Gasteiger partial charge < -0.3 is 15.8 Å². The van der Waals surface area contributed by atoms with Crippen LogP contribution in [0.2, 0.25) is 5.02 Å². The van der Waals surface area contributed by atoms with E-state index in [9.17, 15) is 9.59 Å². The van der Waals surface area contributed by atoms with Crippen LogP contribution in [0.25, 0.3) is 0 Å². The fraction of sp³-hybridized carbons (Fsp3) is 0.429. The molecule has 0 saturated heterocycles. The number of hydrogen-bond donors (Lipinski definition) is 2. The number of carbonyl (C=O) groups is 2. The number of benzene rings is 1. The van der Waals surface area contributed by atoms with Gasteiger partial charge in [0.15, 0.2) is 0 Å². The second kappa shape index (κ2) is 6.61. The second-order valence-corrected chi connectivity index (χ2v) is 5.25. The predicted molar refractivity (Wildman–Crippen MR) is 75.5 cm³/mol. The Hall–Kier alpha value is -1.75. The van der Waals surface area contributed by atoms with E-state index in [1.165, 1.54) is 0 Å². The minimum atomic E-state index is -0.568. The van der Waals surface area contributed by atoms with Gasteiger partial charge in [-0.25, -0.2) is 4.79 Å². The largest absolute Gasteiger partial charge is 0.465 e. The molecule has 0 unspecified atom stereocenters. The van der Waals surface area contributed by atoms with E-state index < -0.39 is 6.03 Å². The lowest BCUT2D eigenvalue weighted by atomic mass is 10.1. The maximum atomic E-state index is 11.8. The molecule has 0 heterocycles. The Bertz CT molecular complexity index is 490. The van der Waals surface area contributed by atoms with Crippen LogP contribution in [-0.4, -0.2) is 25.2 Å². The highest BCUT2D eigenvalue weighted by atomic mass is 35.5. The van der Waals surface area contributed by atoms with Crippen molar-refractivity contribution in [1.29, 1.82) is 0 Å². The van der Waals surface area contributed by atoms with E-state index >= 15 is 0 Å². The molecule has 0 aliphatic heterocycles. The monoisotopic (exact) mass is 296 g/mol. The van der Waals surface area contributed by atoms with E-state index in [0.717, 1.165) is 12.0 Å². The van der Waals surface area contributed by atoms with E-state index in [4.69, 9.17) is 22.1 Å². The lowest BCUT2D eigenvalue weighted by Gasteiger charge is -2.05. The van der Waals surface area contributed by atoms with Gasteiger partial charge in [-0.05, 0) is 36.5 Å². The lowest BCUT2D eigenvalue weighted by molar-refractivity contribution is -0.145. The van der Waals surface area contributed by atoms with Crippen LogP contribution in [0.4, 0.5) is 4.79 Å². The van der Waals surface area contributed by atoms with Gasteiger partial charge in [0.25, 0.3) is 0 Å². The molecule has 2 rings (SSSR count). The zero-order valence-corrected chi connectivity index (χ0v) is 11.7. The van der Waals surface area contributed by atoms with Gasteiger partial charge in [-0.3, -0.25) is 4.79 Å². The Morgan fingerprint density at radius 3 is 2.70 bits per heavy atom. The summed E-state index contributed by atoms with van der Waals surface area (Å²) in [5, 5.41) is 3.13. The van der Waals surface area contributed by atoms with E-state index in [1.807, 2.05) is 24.3 Å². The quantitative estimate of drug-likeness (QED) is 0.622. The summed E-state index contributed by atoms with van der Waals surface area (Å²) in [5.41, 5.74) is 6.04. The van der Waals surface area contributed by atoms with Crippen molar-refractivity contribution in [2.24, 2.45) is 11.7 Å². The number of carbonyl (C=O) groups excluding carboxylic acids is 2. The topological polar surface area (TPSA) is 81.4 Å². The third-order valence-electron chi connectivity index (χ3n) is 3.26. The van der Waals surface area contributed by atoms with Crippen LogP contribution < -0.4 is 11.1 Å². The molecule has 0 spiro atoms. The maximum absolute atomic E-state index is 11.8. The van der Waals surface area contributed by atoms with Crippen molar-refractivity contribution >= 4 is 23.6 Å². The Morgan fingerprint density at radius 1 is 1.35 bits per heavy atom. The minimum Gasteiger partial charge on any atom is -0.465 e. The smallest absolute Gasteiger partial charge is 0.312 e. The van der Waals surface area contributed by atoms with Gasteiger partial charge in [0.1, 0.15) is 0 Å². The van der Waals surface area contributed by atoms with Crippen molar-refractivity contribution in [2.75, 3.05) is 13.2 Å². The summed E-state index contributed by atoms with van der Waals surface area (Å²) in [4.78, 5) is 22.2. The van der Waals surface area contributed by atoms with Crippen molar-refractivity contribution in [3.05, 3.63) is 34.9 Å². The fourth-order valence-corrected chi connectivity index (χ4v) is 2.22. The highest BCUT2D eigenvalue weighted by molar-refractivity contribution is 6.30. The Balaban J connectivity index is 1.68. The number of nitrogens with one attached hydrogen (secondary N) is 1. The molecule has 20 heavy (non-hydrogen) atoms. The van der Waals surface area contributed by atoms with Crippen molar-refractivity contribution in [3.63, 3.8) is 0 Å². The summed E-state index contributed by atoms with van der Waals surface area (Å²) in [5.74, 6) is 0.00723. The third-order valence-corrected chi connectivity index (χ3v) is 3.51. The Kier molecular flexibility index (Phi) is 4.84. The first kappa shape index (κ1) is 14.7. The predicted octanol–water partition coefficient (Wildman–Crippen LogP) is 2.05. The van der Waals surface area contributed by atoms with Crippen molar-refractivity contribution in [2.45, 2.75) is 18.8 Å². The third kappa shape index (κ3) is 4.13. The summed E-state index contributed by atoms with van der Waals surface area (Å²) in [6, 6.07) is 6.97. The Labute approximate surface area is 122 Å². The van der Waals surface area contributed by atoms with Gasteiger partial charge in [0.05, 0.1) is 12.5 Å². The van der Waals surface area contributed by atoms with Crippen molar-refractivity contribution < 1.29 is 14.3 Å². The zero-order valence-electron chi connectivity index (χ0n) is 11.0. The molecule has 0 bridgehead atoms. The first-order chi connectivity index (χ1) is 9.58. The molecule has 1 saturated carbocycles. The van der Waals surface area contributed by atoms with Crippen LogP contribution >= 0.6 is 11.6 Å². The molecule has 1 aliphatic carbocycles. The number of urea groups is 1. The number of primary amides is 1. The zero-order chi connectivity index (χ0) is 14.5. The van der Waals surface area contributed by atoms with E-state index in [-0.39, 0.29) is 17.8 Å². The Morgan fingerprint density at radius 2 is 2.05 bits per heavy atom. The minimum absolute atomic E-state index is 0.0553. The van der Waals surface area contributed by atoms with Gasteiger partial charge in [0, 0.05) is 11.6 Å². The van der Waals surface area contributed by atoms with Crippen LogP contribution in [0.5, 0.6) is 0 Å². The number of rotatable bonds is 6. The highest BCUT2D eigenvalue weighted by Gasteiger charge is 2.45. The molecule has 0 aromatic heterocycles. The molecular formula is C14H17ClN2O3. The van der Waals surface area contributed by atoms with Gasteiger partial charge in [-0.1, -0.05) is 23.7 Å². The summed E-state index contributed by atoms with van der Waals surface area (Å²) in [7, 11) is 0. The first-order valence-corrected chi connectivity index (χ1v) is 6.91. The van der Waals surface area contributed by atoms with Crippen LogP contribution in [0, 0.1) is 5.92 Å². The number of halogens is 1. The van der Waals surface area contributed by atoms with E-state index in [1.54, 1.807) is 0 Å². The second-order valence-electron chi connectivity index (χ2n) is 4.81. The molecule has 1 fully saturated rings. The molecule has 2 amide bonds. The van der Waals surface area contributed by atoms with E-state index in [2.05, 4.69) is 5.32 Å². The number of esters is 1. The van der Waals surface area contributed by atoms with Gasteiger partial charge >= 0.3 is 12.0 Å². The van der Waals surface area contributed by atoms with Gasteiger partial charge in [-0.15, -0.1) is 0 Å². The normalized spacial score (nSPS) is 20.2. The molecule has 108 valence electrons. The average molecular weight is 297 g/mol. The number of hydrogen-bond acceptors (Lipinski definition) is 3. The summed E-state index contributed by atoms with van der Waals surface area (Å²) in [6.45, 7) is 0.705. The molecule has 2 atom stereocenters. The highest BCUT2D eigenvalue weighted by Crippen LogP contribution is 2.48. The molecule has 6 heteroatoms. The summed E-state index contributed by atoms with van der Waals surface area (Å²) in [6.07, 6.45) is 1.38. The average Bonchev–Trinajstić information content (AvgIpc) is 3.19. The summed E-state index contributed by atoms with van der Waals surface area (Å²) >= 11 is 5.83. The molecule has 1 aromatic carbocycles. The first-order valence-electron chi connectivity index (χ1n) is 6.53. The van der Waals surface area contributed by atoms with E-state index in [0.29, 0.717) is 24.6 Å². The fourth-order valence-electron chi connectivity index (χ4n) is 2.10. The molecular weight excluding hydrogens is 280 g/mol. The van der Waals surface area contributed by atoms with Gasteiger partial charge in [0.2, 0.25) is 0 Å². The molecule has 0 radical (unpaired) electrons. The molecule has 5 nitrogen and oxygen atoms in total. The molecule has 1 aliphatic rings. The number of amides is 2. The lowest BCUT2D eigenvalue weighted by Crippen LogP contribution is -2.30. The van der Waals surface area contributed by atoms with Crippen molar-refractivity contribution in [3.8, 4) is 0 Å². The molecule has 1 aromatic rings. The van der Waals surface area contributed by atoms with Crippen LogP contribution in [0.1, 0.15) is 24.3 Å². The van der Waals surface area contributed by atoms with Crippen LogP contribution in [0.15, 0.2) is 24.3 Å². The standard InChI is InChI=1S/C14H17ClN2O3/c15-10-4-2-9(3-5-10)11-8-12(11)13(18)20-7-1-6-17-14(16)19/h2-5,11-12H,1,6-8H2,(H3,16,17,19)/t11-,12+/m0/s1. The maximum Gasteiger partial charge on any atom is 0.312 e. The van der Waals surface area contributed by atoms with Crippen LogP contribution in [-0.2, 0) is 9.53 Å².